The van der Waals surface area contributed by atoms with Crippen LogP contribution in [0, 0.1) is 4.84 Å². The monoisotopic (exact) mass is 346 g/mol. The number of nitrogens with zero attached hydrogens (tertiary/aromatic N) is 2. The first-order chi connectivity index (χ1) is 11.1. The Balaban J connectivity index is 1.77. The van der Waals surface area contributed by atoms with E-state index in [1.807, 2.05) is 36.4 Å². The van der Waals surface area contributed by atoms with E-state index >= 15 is 0 Å². The fourth-order valence-electron chi connectivity index (χ4n) is 2.41. The lowest BCUT2D eigenvalue weighted by atomic mass is 10.2. The Kier molecular flexibility index (Phi) is 4.91. The van der Waals surface area contributed by atoms with Gasteiger partial charge in [-0.25, -0.2) is 0 Å². The minimum atomic E-state index is 0.354. The van der Waals surface area contributed by atoms with E-state index in [2.05, 4.69) is 24.3 Å². The molecular weight excluding hydrogens is 330 g/mol. The Labute approximate surface area is 144 Å². The molecule has 1 atom stereocenters. The van der Waals surface area contributed by atoms with Crippen LogP contribution in [0.25, 0.3) is 11.5 Å². The highest BCUT2D eigenvalue weighted by Crippen LogP contribution is 2.25. The van der Waals surface area contributed by atoms with E-state index in [1.54, 1.807) is 10.7 Å². The van der Waals surface area contributed by atoms with Crippen molar-refractivity contribution in [2.24, 2.45) is 0 Å². The molecule has 1 N–H and O–H groups in total. The minimum absolute atomic E-state index is 0.354. The molecule has 1 heterocycles. The smallest absolute Gasteiger partial charge is 0.292 e. The van der Waals surface area contributed by atoms with Gasteiger partial charge in [-0.15, -0.1) is 5.10 Å². The molecule has 0 spiro atoms. The average Bonchev–Trinajstić information content (AvgIpc) is 2.89. The molecule has 0 bridgehead atoms. The molecule has 0 aliphatic carbocycles. The number of rotatable bonds is 5. The number of benzene rings is 2. The van der Waals surface area contributed by atoms with Gasteiger partial charge in [-0.2, -0.15) is 4.68 Å². The van der Waals surface area contributed by atoms with E-state index in [4.69, 9.17) is 28.2 Å². The summed E-state index contributed by atoms with van der Waals surface area (Å²) in [6.07, 6.45) is 0. The Hall–Kier alpha value is -1.95. The van der Waals surface area contributed by atoms with E-state index in [0.29, 0.717) is 22.4 Å². The Morgan fingerprint density at radius 3 is 2.57 bits per heavy atom. The van der Waals surface area contributed by atoms with E-state index in [9.17, 15) is 0 Å². The van der Waals surface area contributed by atoms with E-state index < -0.39 is 0 Å². The molecule has 23 heavy (non-hydrogen) atoms. The molecule has 1 aromatic heterocycles. The number of quaternary nitrogens is 1. The normalized spacial score (nSPS) is 12.3. The highest BCUT2D eigenvalue weighted by molar-refractivity contribution is 7.71. The standard InChI is InChI=1S/C17H16ClN3OS/c1-20(11-13-7-3-2-4-8-13)12-21-17(23)22-16(19-21)14-9-5-6-10-15(14)18/h2-10H,11-12H2,1H3/p+1. The molecule has 6 heteroatoms. The van der Waals surface area contributed by atoms with Crippen molar-refractivity contribution in [2.45, 2.75) is 13.2 Å². The third-order valence-electron chi connectivity index (χ3n) is 3.48. The van der Waals surface area contributed by atoms with Crippen molar-refractivity contribution in [3.05, 3.63) is 70.0 Å². The second-order valence-electron chi connectivity index (χ2n) is 5.43. The number of halogens is 1. The average molecular weight is 347 g/mol. The first-order valence-electron chi connectivity index (χ1n) is 7.31. The summed E-state index contributed by atoms with van der Waals surface area (Å²) in [6, 6.07) is 17.8. The minimum Gasteiger partial charge on any atom is -0.409 e. The maximum atomic E-state index is 6.18. The molecular formula is C17H17ClN3OS+. The van der Waals surface area contributed by atoms with Gasteiger partial charge < -0.3 is 9.32 Å². The molecule has 0 aliphatic heterocycles. The predicted molar refractivity (Wildman–Crippen MR) is 92.8 cm³/mol. The molecule has 0 fully saturated rings. The molecule has 0 saturated carbocycles. The fraction of sp³-hybridized carbons (Fsp3) is 0.176. The van der Waals surface area contributed by atoms with Crippen LogP contribution < -0.4 is 4.90 Å². The lowest BCUT2D eigenvalue weighted by molar-refractivity contribution is -0.917. The summed E-state index contributed by atoms with van der Waals surface area (Å²) in [5, 5.41) is 5.06. The van der Waals surface area contributed by atoms with Gasteiger partial charge in [0.2, 0.25) is 5.89 Å². The third-order valence-corrected chi connectivity index (χ3v) is 4.10. The molecule has 0 saturated heterocycles. The molecule has 4 nitrogen and oxygen atoms in total. The molecule has 118 valence electrons. The van der Waals surface area contributed by atoms with E-state index in [-0.39, 0.29) is 0 Å². The third kappa shape index (κ3) is 3.88. The Morgan fingerprint density at radius 1 is 1.13 bits per heavy atom. The second-order valence-corrected chi connectivity index (χ2v) is 6.19. The van der Waals surface area contributed by atoms with Gasteiger partial charge in [0.1, 0.15) is 6.54 Å². The van der Waals surface area contributed by atoms with Crippen molar-refractivity contribution in [3.8, 4) is 11.5 Å². The number of hydrogen-bond acceptors (Lipinski definition) is 3. The lowest BCUT2D eigenvalue weighted by Crippen LogP contribution is -3.07. The zero-order valence-corrected chi connectivity index (χ0v) is 14.3. The summed E-state index contributed by atoms with van der Waals surface area (Å²) in [5.41, 5.74) is 2.02. The van der Waals surface area contributed by atoms with Gasteiger partial charge in [0.05, 0.1) is 17.6 Å². The molecule has 0 amide bonds. The van der Waals surface area contributed by atoms with Crippen LogP contribution in [-0.4, -0.2) is 16.8 Å². The van der Waals surface area contributed by atoms with Gasteiger partial charge in [-0.3, -0.25) is 0 Å². The van der Waals surface area contributed by atoms with Crippen LogP contribution in [0.15, 0.2) is 59.0 Å². The summed E-state index contributed by atoms with van der Waals surface area (Å²) in [7, 11) is 2.10. The SMILES string of the molecule is C[NH+](Cc1ccccc1)Cn1nc(-c2ccccc2Cl)oc1=S. The predicted octanol–water partition coefficient (Wildman–Crippen LogP) is 3.20. The molecule has 1 unspecified atom stereocenters. The van der Waals surface area contributed by atoms with Crippen LogP contribution in [0.3, 0.4) is 0 Å². The number of aromatic nitrogens is 2. The first-order valence-corrected chi connectivity index (χ1v) is 8.10. The zero-order valence-electron chi connectivity index (χ0n) is 12.7. The van der Waals surface area contributed by atoms with Gasteiger partial charge in [0, 0.05) is 5.56 Å². The summed E-state index contributed by atoms with van der Waals surface area (Å²) < 4.78 is 7.30. The Bertz CT molecular complexity index is 844. The zero-order chi connectivity index (χ0) is 16.2. The summed E-state index contributed by atoms with van der Waals surface area (Å²) in [6.45, 7) is 1.51. The summed E-state index contributed by atoms with van der Waals surface area (Å²) in [5.74, 6) is 0.452. The van der Waals surface area contributed by atoms with Gasteiger partial charge in [0.15, 0.2) is 6.67 Å². The number of nitrogens with one attached hydrogen (secondary N) is 1. The number of hydrogen-bond donors (Lipinski definition) is 1. The molecule has 0 radical (unpaired) electrons. The maximum absolute atomic E-state index is 6.18. The van der Waals surface area contributed by atoms with Crippen LogP contribution >= 0.6 is 23.8 Å². The second kappa shape index (κ2) is 7.08. The first kappa shape index (κ1) is 15.9. The lowest BCUT2D eigenvalue weighted by Gasteiger charge is -2.13. The molecule has 2 aromatic carbocycles. The van der Waals surface area contributed by atoms with Gasteiger partial charge in [-0.1, -0.05) is 54.1 Å². The highest BCUT2D eigenvalue weighted by Gasteiger charge is 2.13. The maximum Gasteiger partial charge on any atom is 0.292 e. The van der Waals surface area contributed by atoms with Crippen LogP contribution in [0.4, 0.5) is 0 Å². The van der Waals surface area contributed by atoms with Crippen LogP contribution in [-0.2, 0) is 13.2 Å². The van der Waals surface area contributed by atoms with Crippen molar-refractivity contribution in [3.63, 3.8) is 0 Å². The largest absolute Gasteiger partial charge is 0.409 e. The van der Waals surface area contributed by atoms with Crippen LogP contribution in [0.5, 0.6) is 0 Å². The van der Waals surface area contributed by atoms with Gasteiger partial charge >= 0.3 is 0 Å². The van der Waals surface area contributed by atoms with Crippen molar-refractivity contribution < 1.29 is 9.32 Å². The highest BCUT2D eigenvalue weighted by atomic mass is 35.5. The van der Waals surface area contributed by atoms with E-state index in [1.165, 1.54) is 10.5 Å². The van der Waals surface area contributed by atoms with Gasteiger partial charge in [-0.05, 0) is 24.4 Å². The van der Waals surface area contributed by atoms with Crippen molar-refractivity contribution in [1.29, 1.82) is 0 Å². The molecule has 3 rings (SSSR count). The quantitative estimate of drug-likeness (QED) is 0.721. The van der Waals surface area contributed by atoms with Crippen molar-refractivity contribution >= 4 is 23.8 Å². The van der Waals surface area contributed by atoms with Gasteiger partial charge in [0.25, 0.3) is 4.84 Å². The molecule has 0 aliphatic rings. The fourth-order valence-corrected chi connectivity index (χ4v) is 2.81. The molecule has 3 aromatic rings. The topological polar surface area (TPSA) is 35.4 Å². The van der Waals surface area contributed by atoms with Crippen LogP contribution in [0.2, 0.25) is 5.02 Å². The van der Waals surface area contributed by atoms with Crippen LogP contribution in [0.1, 0.15) is 5.56 Å². The van der Waals surface area contributed by atoms with E-state index in [0.717, 1.165) is 12.1 Å². The van der Waals surface area contributed by atoms with Crippen molar-refractivity contribution in [1.82, 2.24) is 9.78 Å². The summed E-state index contributed by atoms with van der Waals surface area (Å²) >= 11 is 11.5. The summed E-state index contributed by atoms with van der Waals surface area (Å²) in [4.78, 5) is 1.61. The van der Waals surface area contributed by atoms with Crippen molar-refractivity contribution in [2.75, 3.05) is 7.05 Å². The Morgan fingerprint density at radius 2 is 1.83 bits per heavy atom.